The topological polar surface area (TPSA) is 9.23 Å². The van der Waals surface area contributed by atoms with E-state index in [-0.39, 0.29) is 0 Å². The van der Waals surface area contributed by atoms with Crippen LogP contribution in [-0.4, -0.2) is 46.2 Å². The lowest BCUT2D eigenvalue weighted by molar-refractivity contribution is -0.941. The Morgan fingerprint density at radius 2 is 1.04 bits per heavy atom. The highest BCUT2D eigenvalue weighted by Gasteiger charge is 2.35. The van der Waals surface area contributed by atoms with Gasteiger partial charge in [0.25, 0.3) is 0 Å². The van der Waals surface area contributed by atoms with E-state index in [4.69, 9.17) is 4.43 Å². The number of hydrogen-bond acceptors (Lipinski definition) is 1. The Bertz CT molecular complexity index is 254. The molecule has 0 aromatic carbocycles. The zero-order valence-corrected chi connectivity index (χ0v) is 20.6. The van der Waals surface area contributed by atoms with Crippen molar-refractivity contribution in [1.82, 2.24) is 0 Å². The summed E-state index contributed by atoms with van der Waals surface area (Å²) in [7, 11) is -0.425. The Kier molecular flexibility index (Phi) is 18.6. The number of unbranched alkanes of at least 4 members (excludes halogenated alkanes) is 9. The average molecular weight is 387 g/mol. The normalized spacial score (nSPS) is 13.7. The summed E-state index contributed by atoms with van der Waals surface area (Å²) in [6.07, 6.45) is 18.1. The molecule has 2 nitrogen and oxygen atoms in total. The maximum absolute atomic E-state index is 6.10. The molecular weight excluding hydrogens is 334 g/mol. The lowest BCUT2D eigenvalue weighted by Crippen LogP contribution is -2.59. The largest absolute Gasteiger partial charge is 0.417 e. The minimum absolute atomic E-state index is 0.425. The Balaban J connectivity index is 5.05. The van der Waals surface area contributed by atoms with Gasteiger partial charge in [-0.25, -0.2) is 0 Å². The molecule has 1 unspecified atom stereocenters. The molecule has 0 fully saturated rings. The summed E-state index contributed by atoms with van der Waals surface area (Å²) >= 11 is 0. The summed E-state index contributed by atoms with van der Waals surface area (Å²) in [5, 5.41) is 0. The van der Waals surface area contributed by atoms with Gasteiger partial charge in [0.05, 0.1) is 25.3 Å². The van der Waals surface area contributed by atoms with Crippen LogP contribution in [0.1, 0.15) is 118 Å². The minimum atomic E-state index is -0.425. The zero-order chi connectivity index (χ0) is 19.5. The third-order valence-electron chi connectivity index (χ3n) is 6.13. The Morgan fingerprint density at radius 1 is 0.615 bits per heavy atom. The third-order valence-corrected chi connectivity index (χ3v) is 8.51. The number of rotatable bonds is 20. The maximum atomic E-state index is 6.10. The van der Waals surface area contributed by atoms with Gasteiger partial charge in [-0.15, -0.1) is 0 Å². The molecule has 0 heterocycles. The van der Waals surface area contributed by atoms with Crippen molar-refractivity contribution in [3.05, 3.63) is 0 Å². The average Bonchev–Trinajstić information content (AvgIpc) is 2.66. The predicted molar refractivity (Wildman–Crippen MR) is 122 cm³/mol. The van der Waals surface area contributed by atoms with Crippen LogP contribution in [0.15, 0.2) is 0 Å². The standard InChI is InChI=1S/C23H52NOSi/c1-6-11-14-17-20-24(21-18-15-12-7-2,22-19-16-13-8-3)23(9-4)26-25-10-5/h23H,6-22,26H2,1-5H3/q+1. The van der Waals surface area contributed by atoms with Gasteiger partial charge in [0, 0.05) is 6.61 Å². The molecule has 1 atom stereocenters. The van der Waals surface area contributed by atoms with E-state index in [1.807, 2.05) is 0 Å². The van der Waals surface area contributed by atoms with Crippen molar-refractivity contribution in [1.29, 1.82) is 0 Å². The van der Waals surface area contributed by atoms with Crippen molar-refractivity contribution in [2.75, 3.05) is 26.2 Å². The fraction of sp³-hybridized carbons (Fsp3) is 1.00. The highest BCUT2D eigenvalue weighted by atomic mass is 28.2. The molecule has 0 aliphatic carbocycles. The lowest BCUT2D eigenvalue weighted by atomic mass is 10.1. The molecule has 0 aromatic heterocycles. The molecule has 158 valence electrons. The van der Waals surface area contributed by atoms with E-state index in [9.17, 15) is 0 Å². The van der Waals surface area contributed by atoms with Gasteiger partial charge in [-0.05, 0) is 51.9 Å². The minimum Gasteiger partial charge on any atom is -0.417 e. The molecule has 0 radical (unpaired) electrons. The van der Waals surface area contributed by atoms with Crippen molar-refractivity contribution < 1.29 is 8.91 Å². The first-order valence-corrected chi connectivity index (χ1v) is 13.5. The van der Waals surface area contributed by atoms with Crippen LogP contribution in [0.5, 0.6) is 0 Å². The zero-order valence-electron chi connectivity index (χ0n) is 19.2. The molecule has 3 heteroatoms. The molecule has 0 amide bonds. The molecule has 0 spiro atoms. The monoisotopic (exact) mass is 386 g/mol. The fourth-order valence-electron chi connectivity index (χ4n) is 4.36. The van der Waals surface area contributed by atoms with Crippen molar-refractivity contribution in [3.8, 4) is 0 Å². The number of quaternary nitrogens is 1. The first-order chi connectivity index (χ1) is 12.7. The van der Waals surface area contributed by atoms with E-state index < -0.39 is 9.76 Å². The van der Waals surface area contributed by atoms with Crippen LogP contribution in [0.3, 0.4) is 0 Å². The summed E-state index contributed by atoms with van der Waals surface area (Å²) in [5.74, 6) is 0. The van der Waals surface area contributed by atoms with Crippen LogP contribution in [0.25, 0.3) is 0 Å². The van der Waals surface area contributed by atoms with Crippen LogP contribution < -0.4 is 0 Å². The van der Waals surface area contributed by atoms with Crippen molar-refractivity contribution in [2.45, 2.75) is 124 Å². The Hall–Kier alpha value is 0.137. The second kappa shape index (κ2) is 18.5. The summed E-state index contributed by atoms with van der Waals surface area (Å²) in [6, 6.07) is 0. The van der Waals surface area contributed by atoms with E-state index in [0.29, 0.717) is 0 Å². The first-order valence-electron chi connectivity index (χ1n) is 12.1. The summed E-state index contributed by atoms with van der Waals surface area (Å²) in [5.41, 5.74) is 0.833. The number of hydrogen-bond donors (Lipinski definition) is 0. The number of nitrogens with zero attached hydrogens (tertiary/aromatic N) is 1. The van der Waals surface area contributed by atoms with Gasteiger partial charge in [-0.3, -0.25) is 0 Å². The second-order valence-electron chi connectivity index (χ2n) is 8.29. The molecule has 0 rings (SSSR count). The smallest absolute Gasteiger partial charge is 0.225 e. The SMILES string of the molecule is CCCCCC[N+](CCCCCC)(CCCCCC)C(CC)[SiH2]OCC. The summed E-state index contributed by atoms with van der Waals surface area (Å²) in [4.78, 5) is 0. The van der Waals surface area contributed by atoms with Crippen LogP contribution in [-0.2, 0) is 4.43 Å². The van der Waals surface area contributed by atoms with E-state index in [1.54, 1.807) is 0 Å². The fourth-order valence-corrected chi connectivity index (χ4v) is 5.97. The molecule has 0 aliphatic heterocycles. The van der Waals surface area contributed by atoms with E-state index in [1.165, 1.54) is 108 Å². The first kappa shape index (κ1) is 26.1. The molecule has 0 saturated carbocycles. The lowest BCUT2D eigenvalue weighted by Gasteiger charge is -2.45. The highest BCUT2D eigenvalue weighted by molar-refractivity contribution is 6.28. The van der Waals surface area contributed by atoms with Gasteiger partial charge in [-0.2, -0.15) is 0 Å². The quantitative estimate of drug-likeness (QED) is 0.134. The predicted octanol–water partition coefficient (Wildman–Crippen LogP) is 6.40. The van der Waals surface area contributed by atoms with E-state index in [2.05, 4.69) is 34.6 Å². The second-order valence-corrected chi connectivity index (χ2v) is 9.98. The van der Waals surface area contributed by atoms with Crippen LogP contribution in [0, 0.1) is 0 Å². The van der Waals surface area contributed by atoms with Crippen LogP contribution in [0.4, 0.5) is 0 Å². The maximum Gasteiger partial charge on any atom is 0.225 e. The van der Waals surface area contributed by atoms with Crippen LogP contribution in [0.2, 0.25) is 0 Å². The van der Waals surface area contributed by atoms with E-state index >= 15 is 0 Å². The molecule has 0 N–H and O–H groups in total. The van der Waals surface area contributed by atoms with Gasteiger partial charge < -0.3 is 8.91 Å². The molecule has 0 aromatic rings. The van der Waals surface area contributed by atoms with Crippen molar-refractivity contribution >= 4 is 9.76 Å². The molecule has 26 heavy (non-hydrogen) atoms. The summed E-state index contributed by atoms with van der Waals surface area (Å²) in [6.45, 7) is 16.7. The molecule has 0 saturated heterocycles. The van der Waals surface area contributed by atoms with E-state index in [0.717, 1.165) is 12.3 Å². The Labute approximate surface area is 169 Å². The molecular formula is C23H52NOSi+. The van der Waals surface area contributed by atoms with Gasteiger partial charge in [0.15, 0.2) is 0 Å². The van der Waals surface area contributed by atoms with Gasteiger partial charge in [0.2, 0.25) is 9.76 Å². The Morgan fingerprint density at radius 3 is 1.35 bits per heavy atom. The van der Waals surface area contributed by atoms with Gasteiger partial charge in [-0.1, -0.05) is 66.2 Å². The van der Waals surface area contributed by atoms with Gasteiger partial charge >= 0.3 is 0 Å². The van der Waals surface area contributed by atoms with Gasteiger partial charge in [0.1, 0.15) is 0 Å². The molecule has 0 aliphatic rings. The molecule has 0 bridgehead atoms. The van der Waals surface area contributed by atoms with Crippen molar-refractivity contribution in [3.63, 3.8) is 0 Å². The van der Waals surface area contributed by atoms with Crippen molar-refractivity contribution in [2.24, 2.45) is 0 Å². The van der Waals surface area contributed by atoms with Crippen LogP contribution >= 0.6 is 0 Å². The summed E-state index contributed by atoms with van der Waals surface area (Å²) < 4.78 is 7.50. The third kappa shape index (κ3) is 11.8. The highest BCUT2D eigenvalue weighted by Crippen LogP contribution is 2.23.